The number of hydrogen-bond acceptors (Lipinski definition) is 7. The predicted octanol–water partition coefficient (Wildman–Crippen LogP) is 5.84. The summed E-state index contributed by atoms with van der Waals surface area (Å²) >= 11 is 0. The standard InChI is InChI=1S/C28H37F3N6O2/c1-27(2,38)15-5-8-18(9-6-15)33-25-32-14-22-24(36-25)37(19-10-7-16(11-19)28(3,4)39)26(34-22)35-23-20(30)12-17(29)13-21(23)31/h12-16,18-19,38-39H,5-11H2,1-4H3,(H,34,35)(H,32,33,36)/t15?,16-,18?,19+/m0/s1. The third-order valence-electron chi connectivity index (χ3n) is 8.51. The quantitative estimate of drug-likeness (QED) is 0.295. The highest BCUT2D eigenvalue weighted by Crippen LogP contribution is 2.43. The Morgan fingerprint density at radius 1 is 0.872 bits per heavy atom. The van der Waals surface area contributed by atoms with Crippen LogP contribution in [0.1, 0.15) is 78.7 Å². The lowest BCUT2D eigenvalue weighted by atomic mass is 9.77. The van der Waals surface area contributed by atoms with Crippen LogP contribution >= 0.6 is 0 Å². The van der Waals surface area contributed by atoms with Gasteiger partial charge in [0.1, 0.15) is 17.0 Å². The molecule has 0 amide bonds. The fraction of sp³-hybridized carbons (Fsp3) is 0.607. The number of nitrogens with one attached hydrogen (secondary N) is 2. The van der Waals surface area contributed by atoms with Gasteiger partial charge in [0.2, 0.25) is 11.9 Å². The van der Waals surface area contributed by atoms with E-state index in [-0.39, 0.29) is 29.9 Å². The molecule has 1 aromatic carbocycles. The Balaban J connectivity index is 1.47. The average Bonchev–Trinajstić information content (AvgIpc) is 3.45. The van der Waals surface area contributed by atoms with E-state index in [4.69, 9.17) is 4.98 Å². The molecule has 39 heavy (non-hydrogen) atoms. The van der Waals surface area contributed by atoms with Gasteiger partial charge in [-0.1, -0.05) is 0 Å². The summed E-state index contributed by atoms with van der Waals surface area (Å²) in [6.07, 6.45) is 7.24. The van der Waals surface area contributed by atoms with E-state index in [9.17, 15) is 23.4 Å². The Labute approximate surface area is 226 Å². The molecule has 0 radical (unpaired) electrons. The van der Waals surface area contributed by atoms with Crippen LogP contribution < -0.4 is 10.6 Å². The Kier molecular flexibility index (Phi) is 7.26. The minimum Gasteiger partial charge on any atom is -0.390 e. The normalized spacial score (nSPS) is 24.3. The molecular formula is C28H37F3N6O2. The number of imidazole rings is 1. The monoisotopic (exact) mass is 546 g/mol. The van der Waals surface area contributed by atoms with E-state index in [0.29, 0.717) is 35.7 Å². The maximum Gasteiger partial charge on any atom is 0.224 e. The third-order valence-corrected chi connectivity index (χ3v) is 8.51. The highest BCUT2D eigenvalue weighted by molar-refractivity contribution is 5.76. The van der Waals surface area contributed by atoms with Gasteiger partial charge in [-0.25, -0.2) is 23.1 Å². The van der Waals surface area contributed by atoms with Gasteiger partial charge in [0.15, 0.2) is 17.3 Å². The zero-order valence-corrected chi connectivity index (χ0v) is 22.8. The summed E-state index contributed by atoms with van der Waals surface area (Å²) in [5, 5.41) is 27.1. The van der Waals surface area contributed by atoms with Crippen molar-refractivity contribution >= 4 is 28.7 Å². The number of halogens is 3. The first-order valence-electron chi connectivity index (χ1n) is 13.7. The number of fused-ring (bicyclic) bond motifs is 1. The highest BCUT2D eigenvalue weighted by Gasteiger charge is 2.37. The molecule has 2 saturated carbocycles. The van der Waals surface area contributed by atoms with Gasteiger partial charge in [0.25, 0.3) is 0 Å². The molecule has 2 heterocycles. The van der Waals surface area contributed by atoms with Crippen LogP contribution in [0.25, 0.3) is 11.2 Å². The summed E-state index contributed by atoms with van der Waals surface area (Å²) in [5.41, 5.74) is -1.13. The summed E-state index contributed by atoms with van der Waals surface area (Å²) < 4.78 is 44.4. The van der Waals surface area contributed by atoms with Crippen molar-refractivity contribution in [2.75, 3.05) is 10.6 Å². The van der Waals surface area contributed by atoms with Crippen molar-refractivity contribution in [2.45, 2.75) is 95.9 Å². The molecule has 2 aromatic heterocycles. The fourth-order valence-corrected chi connectivity index (χ4v) is 6.13. The second kappa shape index (κ2) is 10.2. The SMILES string of the molecule is CC(C)(O)C1CCC(Nc2ncc3nc(Nc4c(F)cc(F)cc4F)n([C@@H]4CC[C@H](C(C)(C)O)C4)c3n2)CC1. The van der Waals surface area contributed by atoms with Crippen LogP contribution in [0.2, 0.25) is 0 Å². The van der Waals surface area contributed by atoms with Crippen molar-refractivity contribution < 1.29 is 23.4 Å². The molecule has 5 rings (SSSR count). The molecule has 4 N–H and O–H groups in total. The van der Waals surface area contributed by atoms with Crippen LogP contribution in [0.5, 0.6) is 0 Å². The zero-order chi connectivity index (χ0) is 28.1. The van der Waals surface area contributed by atoms with Gasteiger partial charge in [-0.15, -0.1) is 0 Å². The Bertz CT molecular complexity index is 1320. The summed E-state index contributed by atoms with van der Waals surface area (Å²) in [7, 11) is 0. The number of rotatable bonds is 7. The van der Waals surface area contributed by atoms with Gasteiger partial charge in [0.05, 0.1) is 17.4 Å². The third kappa shape index (κ3) is 5.84. The topological polar surface area (TPSA) is 108 Å². The van der Waals surface area contributed by atoms with E-state index >= 15 is 0 Å². The molecule has 2 aliphatic rings. The summed E-state index contributed by atoms with van der Waals surface area (Å²) in [6, 6.07) is 1.26. The predicted molar refractivity (Wildman–Crippen MR) is 143 cm³/mol. The van der Waals surface area contributed by atoms with Crippen LogP contribution in [0, 0.1) is 29.3 Å². The van der Waals surface area contributed by atoms with Gasteiger partial charge < -0.3 is 20.8 Å². The van der Waals surface area contributed by atoms with E-state index in [0.717, 1.165) is 38.5 Å². The number of hydrogen-bond donors (Lipinski definition) is 4. The molecule has 0 unspecified atom stereocenters. The van der Waals surface area contributed by atoms with E-state index < -0.39 is 34.3 Å². The van der Waals surface area contributed by atoms with Crippen molar-refractivity contribution in [3.63, 3.8) is 0 Å². The van der Waals surface area contributed by atoms with Crippen LogP contribution in [0.4, 0.5) is 30.8 Å². The van der Waals surface area contributed by atoms with Crippen molar-refractivity contribution in [2.24, 2.45) is 11.8 Å². The largest absolute Gasteiger partial charge is 0.390 e. The molecule has 2 aliphatic carbocycles. The maximum atomic E-state index is 14.5. The van der Waals surface area contributed by atoms with Gasteiger partial charge in [0, 0.05) is 24.2 Å². The Morgan fingerprint density at radius 2 is 1.49 bits per heavy atom. The van der Waals surface area contributed by atoms with Crippen LogP contribution in [-0.2, 0) is 0 Å². The first kappa shape index (κ1) is 27.6. The van der Waals surface area contributed by atoms with E-state index in [1.807, 2.05) is 18.4 Å². The Morgan fingerprint density at radius 3 is 2.08 bits per heavy atom. The van der Waals surface area contributed by atoms with Crippen LogP contribution in [0.3, 0.4) is 0 Å². The number of nitrogens with zero attached hydrogens (tertiary/aromatic N) is 4. The Hall–Kier alpha value is -2.92. The molecule has 2 fully saturated rings. The van der Waals surface area contributed by atoms with Crippen LogP contribution in [0.15, 0.2) is 18.3 Å². The first-order chi connectivity index (χ1) is 18.3. The first-order valence-corrected chi connectivity index (χ1v) is 13.7. The minimum absolute atomic E-state index is 0.0255. The summed E-state index contributed by atoms with van der Waals surface area (Å²) in [4.78, 5) is 13.8. The summed E-state index contributed by atoms with van der Waals surface area (Å²) in [6.45, 7) is 7.27. The minimum atomic E-state index is -1.07. The number of benzene rings is 1. The fourth-order valence-electron chi connectivity index (χ4n) is 6.13. The smallest absolute Gasteiger partial charge is 0.224 e. The molecular weight excluding hydrogens is 509 g/mol. The van der Waals surface area contributed by atoms with Crippen molar-refractivity contribution in [3.8, 4) is 0 Å². The molecule has 0 bridgehead atoms. The summed E-state index contributed by atoms with van der Waals surface area (Å²) in [5.74, 6) is -2.27. The average molecular weight is 547 g/mol. The van der Waals surface area contributed by atoms with Crippen molar-refractivity contribution in [3.05, 3.63) is 35.8 Å². The molecule has 2 atom stereocenters. The molecule has 0 spiro atoms. The van der Waals surface area contributed by atoms with E-state index in [2.05, 4.69) is 20.6 Å². The second-order valence-corrected chi connectivity index (χ2v) is 12.2. The van der Waals surface area contributed by atoms with Crippen molar-refractivity contribution in [1.82, 2.24) is 19.5 Å². The number of anilines is 3. The highest BCUT2D eigenvalue weighted by atomic mass is 19.1. The van der Waals surface area contributed by atoms with Gasteiger partial charge in [-0.05, 0) is 84.5 Å². The molecule has 0 saturated heterocycles. The van der Waals surface area contributed by atoms with E-state index in [1.165, 1.54) is 0 Å². The zero-order valence-electron chi connectivity index (χ0n) is 22.8. The van der Waals surface area contributed by atoms with E-state index in [1.54, 1.807) is 20.0 Å². The van der Waals surface area contributed by atoms with Crippen LogP contribution in [-0.4, -0.2) is 47.0 Å². The van der Waals surface area contributed by atoms with Gasteiger partial charge in [-0.2, -0.15) is 4.98 Å². The molecule has 8 nitrogen and oxygen atoms in total. The lowest BCUT2D eigenvalue weighted by molar-refractivity contribution is -0.000426. The maximum absolute atomic E-state index is 14.5. The van der Waals surface area contributed by atoms with Gasteiger partial charge in [-0.3, -0.25) is 4.57 Å². The molecule has 212 valence electrons. The molecule has 3 aromatic rings. The lowest BCUT2D eigenvalue weighted by Gasteiger charge is -2.36. The second-order valence-electron chi connectivity index (χ2n) is 12.2. The molecule has 0 aliphatic heterocycles. The lowest BCUT2D eigenvalue weighted by Crippen LogP contribution is -2.37. The number of aliphatic hydroxyl groups is 2. The van der Waals surface area contributed by atoms with Gasteiger partial charge >= 0.3 is 0 Å². The molecule has 11 heteroatoms. The number of aromatic nitrogens is 4. The van der Waals surface area contributed by atoms with Crippen molar-refractivity contribution in [1.29, 1.82) is 0 Å².